The standard InChI is InChI=1S/C14H28N2O/c1-4-14(2,3)13(17)16-10-12-8-6-5-7-11(12)9-15/h11-12H,4-10,15H2,1-3H3,(H,16,17). The Morgan fingerprint density at radius 3 is 2.41 bits per heavy atom. The lowest BCUT2D eigenvalue weighted by Crippen LogP contribution is -2.42. The van der Waals surface area contributed by atoms with Crippen LogP contribution in [0, 0.1) is 17.3 Å². The number of hydrogen-bond acceptors (Lipinski definition) is 2. The summed E-state index contributed by atoms with van der Waals surface area (Å²) in [5.74, 6) is 1.38. The van der Waals surface area contributed by atoms with E-state index in [0.29, 0.717) is 11.8 Å². The van der Waals surface area contributed by atoms with E-state index < -0.39 is 0 Å². The van der Waals surface area contributed by atoms with Gasteiger partial charge >= 0.3 is 0 Å². The molecule has 0 saturated heterocycles. The van der Waals surface area contributed by atoms with Gasteiger partial charge in [0, 0.05) is 12.0 Å². The maximum Gasteiger partial charge on any atom is 0.225 e. The Kier molecular flexibility index (Phi) is 5.44. The molecule has 1 rings (SSSR count). The SMILES string of the molecule is CCC(C)(C)C(=O)NCC1CCCCC1CN. The molecule has 1 amide bonds. The monoisotopic (exact) mass is 240 g/mol. The Balaban J connectivity index is 2.41. The Morgan fingerprint density at radius 2 is 1.88 bits per heavy atom. The van der Waals surface area contributed by atoms with Crippen molar-refractivity contribution in [1.82, 2.24) is 5.32 Å². The lowest BCUT2D eigenvalue weighted by molar-refractivity contribution is -0.129. The molecule has 3 heteroatoms. The molecule has 3 N–H and O–H groups in total. The van der Waals surface area contributed by atoms with E-state index >= 15 is 0 Å². The molecular weight excluding hydrogens is 212 g/mol. The maximum atomic E-state index is 12.0. The van der Waals surface area contributed by atoms with E-state index in [1.54, 1.807) is 0 Å². The van der Waals surface area contributed by atoms with Crippen molar-refractivity contribution in [2.45, 2.75) is 52.9 Å². The number of nitrogens with one attached hydrogen (secondary N) is 1. The predicted molar refractivity (Wildman–Crippen MR) is 71.6 cm³/mol. The van der Waals surface area contributed by atoms with Gasteiger partial charge in [0.05, 0.1) is 0 Å². The fourth-order valence-corrected chi connectivity index (χ4v) is 2.49. The molecule has 3 nitrogen and oxygen atoms in total. The van der Waals surface area contributed by atoms with Crippen LogP contribution < -0.4 is 11.1 Å². The van der Waals surface area contributed by atoms with Gasteiger partial charge in [0.1, 0.15) is 0 Å². The molecule has 1 saturated carbocycles. The minimum Gasteiger partial charge on any atom is -0.355 e. The average Bonchev–Trinajstić information content (AvgIpc) is 2.36. The van der Waals surface area contributed by atoms with Crippen molar-refractivity contribution in [3.05, 3.63) is 0 Å². The van der Waals surface area contributed by atoms with Gasteiger partial charge in [-0.3, -0.25) is 4.79 Å². The zero-order valence-corrected chi connectivity index (χ0v) is 11.6. The molecule has 0 heterocycles. The second kappa shape index (κ2) is 6.39. The van der Waals surface area contributed by atoms with E-state index in [-0.39, 0.29) is 11.3 Å². The van der Waals surface area contributed by atoms with E-state index in [4.69, 9.17) is 5.73 Å². The van der Waals surface area contributed by atoms with Gasteiger partial charge in [0.25, 0.3) is 0 Å². The van der Waals surface area contributed by atoms with Crippen molar-refractivity contribution in [3.63, 3.8) is 0 Å². The number of hydrogen-bond donors (Lipinski definition) is 2. The molecule has 0 aromatic rings. The third kappa shape index (κ3) is 3.98. The number of nitrogens with two attached hydrogens (primary N) is 1. The largest absolute Gasteiger partial charge is 0.355 e. The van der Waals surface area contributed by atoms with Crippen LogP contribution in [0.3, 0.4) is 0 Å². The lowest BCUT2D eigenvalue weighted by Gasteiger charge is -2.32. The van der Waals surface area contributed by atoms with Crippen LogP contribution in [0.5, 0.6) is 0 Å². The van der Waals surface area contributed by atoms with Crippen LogP contribution in [-0.4, -0.2) is 19.0 Å². The van der Waals surface area contributed by atoms with Gasteiger partial charge < -0.3 is 11.1 Å². The second-order valence-electron chi connectivity index (χ2n) is 5.99. The van der Waals surface area contributed by atoms with Crippen LogP contribution in [0.1, 0.15) is 52.9 Å². The maximum absolute atomic E-state index is 12.0. The molecule has 0 aromatic heterocycles. The first-order chi connectivity index (χ1) is 8.01. The second-order valence-corrected chi connectivity index (χ2v) is 5.99. The highest BCUT2D eigenvalue weighted by Gasteiger charge is 2.28. The molecule has 0 bridgehead atoms. The van der Waals surface area contributed by atoms with Gasteiger partial charge in [-0.2, -0.15) is 0 Å². The van der Waals surface area contributed by atoms with Crippen molar-refractivity contribution in [2.24, 2.45) is 23.0 Å². The molecule has 1 aliphatic rings. The summed E-state index contributed by atoms with van der Waals surface area (Å²) in [6.07, 6.45) is 5.91. The van der Waals surface area contributed by atoms with E-state index in [1.807, 2.05) is 13.8 Å². The van der Waals surface area contributed by atoms with Crippen LogP contribution in [0.4, 0.5) is 0 Å². The molecule has 17 heavy (non-hydrogen) atoms. The van der Waals surface area contributed by atoms with Crippen LogP contribution in [-0.2, 0) is 4.79 Å². The normalized spacial score (nSPS) is 25.6. The highest BCUT2D eigenvalue weighted by Crippen LogP contribution is 2.29. The summed E-state index contributed by atoms with van der Waals surface area (Å²) in [5, 5.41) is 3.11. The zero-order chi connectivity index (χ0) is 12.9. The average molecular weight is 240 g/mol. The Labute approximate surface area is 106 Å². The van der Waals surface area contributed by atoms with E-state index in [2.05, 4.69) is 12.2 Å². The quantitative estimate of drug-likeness (QED) is 0.774. The lowest BCUT2D eigenvalue weighted by atomic mass is 9.79. The first kappa shape index (κ1) is 14.5. The summed E-state index contributed by atoms with van der Waals surface area (Å²) >= 11 is 0. The summed E-state index contributed by atoms with van der Waals surface area (Å²) in [6, 6.07) is 0. The fourth-order valence-electron chi connectivity index (χ4n) is 2.49. The third-order valence-electron chi connectivity index (χ3n) is 4.39. The number of amides is 1. The molecule has 1 aliphatic carbocycles. The predicted octanol–water partition coefficient (Wildman–Crippen LogP) is 2.30. The fraction of sp³-hybridized carbons (Fsp3) is 0.929. The minimum absolute atomic E-state index is 0.182. The summed E-state index contributed by atoms with van der Waals surface area (Å²) in [6.45, 7) is 7.64. The molecular formula is C14H28N2O. The first-order valence-electron chi connectivity index (χ1n) is 6.99. The van der Waals surface area contributed by atoms with Crippen molar-refractivity contribution in [3.8, 4) is 0 Å². The first-order valence-corrected chi connectivity index (χ1v) is 6.99. The summed E-state index contributed by atoms with van der Waals surface area (Å²) in [5.41, 5.74) is 5.56. The summed E-state index contributed by atoms with van der Waals surface area (Å²) < 4.78 is 0. The van der Waals surface area contributed by atoms with Crippen LogP contribution in [0.2, 0.25) is 0 Å². The molecule has 0 aromatic carbocycles. The number of carbonyl (C=O) groups is 1. The van der Waals surface area contributed by atoms with Crippen LogP contribution >= 0.6 is 0 Å². The van der Waals surface area contributed by atoms with E-state index in [0.717, 1.165) is 19.5 Å². The van der Waals surface area contributed by atoms with E-state index in [1.165, 1.54) is 25.7 Å². The molecule has 100 valence electrons. The van der Waals surface area contributed by atoms with Crippen molar-refractivity contribution >= 4 is 5.91 Å². The molecule has 0 aliphatic heterocycles. The molecule has 2 atom stereocenters. The number of carbonyl (C=O) groups excluding carboxylic acids is 1. The van der Waals surface area contributed by atoms with Crippen molar-refractivity contribution in [1.29, 1.82) is 0 Å². The highest BCUT2D eigenvalue weighted by atomic mass is 16.2. The van der Waals surface area contributed by atoms with Crippen LogP contribution in [0.15, 0.2) is 0 Å². The van der Waals surface area contributed by atoms with Gasteiger partial charge in [-0.05, 0) is 37.6 Å². The van der Waals surface area contributed by atoms with Gasteiger partial charge in [0.2, 0.25) is 5.91 Å². The van der Waals surface area contributed by atoms with Gasteiger partial charge in [-0.15, -0.1) is 0 Å². The molecule has 1 fully saturated rings. The van der Waals surface area contributed by atoms with Crippen molar-refractivity contribution < 1.29 is 4.79 Å². The molecule has 2 unspecified atom stereocenters. The van der Waals surface area contributed by atoms with Crippen molar-refractivity contribution in [2.75, 3.05) is 13.1 Å². The Bertz CT molecular complexity index is 251. The Hall–Kier alpha value is -0.570. The van der Waals surface area contributed by atoms with Crippen LogP contribution in [0.25, 0.3) is 0 Å². The topological polar surface area (TPSA) is 55.1 Å². The number of rotatable bonds is 5. The van der Waals surface area contributed by atoms with Gasteiger partial charge in [0.15, 0.2) is 0 Å². The molecule has 0 spiro atoms. The van der Waals surface area contributed by atoms with E-state index in [9.17, 15) is 4.79 Å². The zero-order valence-electron chi connectivity index (χ0n) is 11.6. The minimum atomic E-state index is -0.243. The Morgan fingerprint density at radius 1 is 1.29 bits per heavy atom. The third-order valence-corrected chi connectivity index (χ3v) is 4.39. The summed E-state index contributed by atoms with van der Waals surface area (Å²) in [4.78, 5) is 12.0. The smallest absolute Gasteiger partial charge is 0.225 e. The van der Waals surface area contributed by atoms with Gasteiger partial charge in [-0.25, -0.2) is 0 Å². The highest BCUT2D eigenvalue weighted by molar-refractivity contribution is 5.81. The van der Waals surface area contributed by atoms with Gasteiger partial charge in [-0.1, -0.05) is 33.6 Å². The summed E-state index contributed by atoms with van der Waals surface area (Å²) in [7, 11) is 0. The molecule has 0 radical (unpaired) electrons.